The van der Waals surface area contributed by atoms with E-state index in [0.29, 0.717) is 11.6 Å². The number of ether oxygens (including phenoxy) is 1. The Morgan fingerprint density at radius 2 is 1.83 bits per heavy atom. The maximum atomic E-state index is 12.3. The van der Waals surface area contributed by atoms with E-state index in [1.807, 2.05) is 12.1 Å². The number of cyclic esters (lactones) is 1. The summed E-state index contributed by atoms with van der Waals surface area (Å²) in [5.74, 6) is 2.84. The third-order valence-electron chi connectivity index (χ3n) is 6.10. The van der Waals surface area contributed by atoms with Crippen LogP contribution in [0, 0.1) is 23.2 Å². The number of carbonyl (C=O) groups excluding carboxylic acids is 1. The summed E-state index contributed by atoms with van der Waals surface area (Å²) in [4.78, 5) is 21.0. The Hall–Kier alpha value is -1.97. The van der Waals surface area contributed by atoms with Crippen LogP contribution in [0.25, 0.3) is 6.08 Å². The lowest BCUT2D eigenvalue weighted by Gasteiger charge is -2.55. The van der Waals surface area contributed by atoms with Gasteiger partial charge >= 0.3 is 5.97 Å². The van der Waals surface area contributed by atoms with Gasteiger partial charge < -0.3 is 4.74 Å². The van der Waals surface area contributed by atoms with Crippen LogP contribution in [0.1, 0.15) is 44.1 Å². The molecule has 0 N–H and O–H groups in total. The van der Waals surface area contributed by atoms with E-state index in [1.54, 1.807) is 18.5 Å². The molecule has 23 heavy (non-hydrogen) atoms. The third-order valence-corrected chi connectivity index (χ3v) is 6.10. The fourth-order valence-electron chi connectivity index (χ4n) is 5.63. The molecule has 0 amide bonds. The molecule has 2 heterocycles. The van der Waals surface area contributed by atoms with Crippen LogP contribution in [0.4, 0.5) is 0 Å². The zero-order chi connectivity index (χ0) is 15.4. The van der Waals surface area contributed by atoms with Crippen molar-refractivity contribution in [1.29, 1.82) is 0 Å². The Balaban J connectivity index is 1.49. The number of hydrogen-bond acceptors (Lipinski definition) is 4. The summed E-state index contributed by atoms with van der Waals surface area (Å²) >= 11 is 0. The van der Waals surface area contributed by atoms with Gasteiger partial charge in [-0.05, 0) is 74.0 Å². The predicted octanol–water partition coefficient (Wildman–Crippen LogP) is 3.59. The number of aromatic nitrogens is 1. The fraction of sp³-hybridized carbons (Fsp3) is 0.526. The van der Waals surface area contributed by atoms with Crippen molar-refractivity contribution >= 4 is 17.9 Å². The van der Waals surface area contributed by atoms with Gasteiger partial charge in [0.05, 0.1) is 0 Å². The number of aliphatic imine (C=N–C) groups is 1. The average molecular weight is 308 g/mol. The second kappa shape index (κ2) is 4.76. The highest BCUT2D eigenvalue weighted by Crippen LogP contribution is 2.61. The normalized spacial score (nSPS) is 39.7. The largest absolute Gasteiger partial charge is 0.406 e. The standard InChI is InChI=1S/C19H20N2O2/c22-17-16(7-12-2-1-3-20-11-12)21-18(23-17)19-8-13-4-14(9-19)6-15(5-13)10-19/h1-3,7,11,13-15H,4-6,8-10H2/b16-7+. The van der Waals surface area contributed by atoms with Crippen molar-refractivity contribution in [3.8, 4) is 0 Å². The molecule has 0 unspecified atom stereocenters. The van der Waals surface area contributed by atoms with Crippen LogP contribution in [0.3, 0.4) is 0 Å². The molecule has 0 saturated heterocycles. The van der Waals surface area contributed by atoms with E-state index in [1.165, 1.54) is 19.3 Å². The summed E-state index contributed by atoms with van der Waals surface area (Å²) in [5, 5.41) is 0. The van der Waals surface area contributed by atoms with Crippen LogP contribution >= 0.6 is 0 Å². The van der Waals surface area contributed by atoms with Crippen molar-refractivity contribution in [3.05, 3.63) is 35.8 Å². The predicted molar refractivity (Wildman–Crippen MR) is 86.3 cm³/mol. The van der Waals surface area contributed by atoms with Gasteiger partial charge in [0, 0.05) is 17.8 Å². The first-order chi connectivity index (χ1) is 11.2. The van der Waals surface area contributed by atoms with E-state index in [4.69, 9.17) is 4.74 Å². The van der Waals surface area contributed by atoms with E-state index >= 15 is 0 Å². The van der Waals surface area contributed by atoms with Crippen LogP contribution in [0.2, 0.25) is 0 Å². The zero-order valence-corrected chi connectivity index (χ0v) is 13.1. The summed E-state index contributed by atoms with van der Waals surface area (Å²) in [6, 6.07) is 3.78. The maximum absolute atomic E-state index is 12.3. The molecule has 4 saturated carbocycles. The minimum absolute atomic E-state index is 0.0366. The quantitative estimate of drug-likeness (QED) is 0.619. The van der Waals surface area contributed by atoms with Crippen LogP contribution in [0.5, 0.6) is 0 Å². The molecule has 4 heteroatoms. The number of esters is 1. The first kappa shape index (κ1) is 13.5. The molecule has 0 atom stereocenters. The van der Waals surface area contributed by atoms with Gasteiger partial charge in [0.25, 0.3) is 0 Å². The Morgan fingerprint density at radius 1 is 1.13 bits per heavy atom. The third kappa shape index (κ3) is 2.15. The Labute approximate surface area is 135 Å². The maximum Gasteiger partial charge on any atom is 0.363 e. The van der Waals surface area contributed by atoms with Crippen molar-refractivity contribution in [3.63, 3.8) is 0 Å². The molecule has 4 bridgehead atoms. The van der Waals surface area contributed by atoms with E-state index in [0.717, 1.165) is 42.6 Å². The van der Waals surface area contributed by atoms with E-state index in [9.17, 15) is 4.79 Å². The number of nitrogens with zero attached hydrogens (tertiary/aromatic N) is 2. The summed E-state index contributed by atoms with van der Waals surface area (Å²) in [6.45, 7) is 0. The second-order valence-electron chi connectivity index (χ2n) is 7.82. The van der Waals surface area contributed by atoms with Gasteiger partial charge in [0.1, 0.15) is 0 Å². The van der Waals surface area contributed by atoms with Crippen LogP contribution in [-0.4, -0.2) is 16.9 Å². The number of carbonyl (C=O) groups is 1. The first-order valence-electron chi connectivity index (χ1n) is 8.63. The van der Waals surface area contributed by atoms with Crippen molar-refractivity contribution in [2.45, 2.75) is 38.5 Å². The van der Waals surface area contributed by atoms with Crippen molar-refractivity contribution in [2.75, 3.05) is 0 Å². The molecule has 118 valence electrons. The van der Waals surface area contributed by atoms with Gasteiger partial charge in [-0.3, -0.25) is 4.98 Å². The minimum atomic E-state index is -0.306. The monoisotopic (exact) mass is 308 g/mol. The SMILES string of the molecule is O=C1OC(C23CC4CC(CC(C4)C2)C3)=N/C1=C/c1cccnc1. The summed E-state index contributed by atoms with van der Waals surface area (Å²) in [5.41, 5.74) is 1.34. The highest BCUT2D eigenvalue weighted by Gasteiger charge is 2.55. The topological polar surface area (TPSA) is 51.5 Å². The van der Waals surface area contributed by atoms with Gasteiger partial charge in [-0.2, -0.15) is 0 Å². The lowest BCUT2D eigenvalue weighted by Crippen LogP contribution is -2.50. The summed E-state index contributed by atoms with van der Waals surface area (Å²) in [6.07, 6.45) is 12.8. The molecule has 4 nitrogen and oxygen atoms in total. The van der Waals surface area contributed by atoms with Crippen LogP contribution < -0.4 is 0 Å². The first-order valence-corrected chi connectivity index (χ1v) is 8.63. The van der Waals surface area contributed by atoms with Gasteiger partial charge in [-0.15, -0.1) is 0 Å². The number of pyridine rings is 1. The zero-order valence-electron chi connectivity index (χ0n) is 13.1. The van der Waals surface area contributed by atoms with E-state index in [2.05, 4.69) is 9.98 Å². The van der Waals surface area contributed by atoms with E-state index < -0.39 is 0 Å². The molecule has 1 aromatic heterocycles. The highest BCUT2D eigenvalue weighted by atomic mass is 16.6. The summed E-state index contributed by atoms with van der Waals surface area (Å²) < 4.78 is 5.65. The molecular weight excluding hydrogens is 288 g/mol. The van der Waals surface area contributed by atoms with Crippen molar-refractivity contribution in [1.82, 2.24) is 4.98 Å². The molecule has 1 aromatic rings. The smallest absolute Gasteiger partial charge is 0.363 e. The van der Waals surface area contributed by atoms with Gasteiger partial charge in [-0.1, -0.05) is 6.07 Å². The summed E-state index contributed by atoms with van der Waals surface area (Å²) in [7, 11) is 0. The molecule has 0 radical (unpaired) electrons. The molecule has 4 aliphatic carbocycles. The van der Waals surface area contributed by atoms with Gasteiger partial charge in [-0.25, -0.2) is 9.79 Å². The molecule has 1 aliphatic heterocycles. The van der Waals surface area contributed by atoms with Crippen LogP contribution in [-0.2, 0) is 9.53 Å². The molecule has 6 rings (SSSR count). The Bertz CT molecular complexity index is 685. The lowest BCUT2D eigenvalue weighted by atomic mass is 9.49. The number of hydrogen-bond donors (Lipinski definition) is 0. The molecule has 5 aliphatic rings. The van der Waals surface area contributed by atoms with E-state index in [-0.39, 0.29) is 11.4 Å². The second-order valence-corrected chi connectivity index (χ2v) is 7.82. The lowest BCUT2D eigenvalue weighted by molar-refractivity contribution is -0.131. The molecule has 4 fully saturated rings. The fourth-order valence-corrected chi connectivity index (χ4v) is 5.63. The van der Waals surface area contributed by atoms with Crippen molar-refractivity contribution in [2.24, 2.45) is 28.2 Å². The van der Waals surface area contributed by atoms with Gasteiger partial charge in [0.2, 0.25) is 5.90 Å². The average Bonchev–Trinajstić information content (AvgIpc) is 2.89. The highest BCUT2D eigenvalue weighted by molar-refractivity contribution is 6.08. The molecule has 0 spiro atoms. The van der Waals surface area contributed by atoms with Gasteiger partial charge in [0.15, 0.2) is 5.70 Å². The minimum Gasteiger partial charge on any atom is -0.406 e. The molecule has 0 aromatic carbocycles. The Kier molecular flexibility index (Phi) is 2.79. The Morgan fingerprint density at radius 3 is 2.43 bits per heavy atom. The number of rotatable bonds is 2. The van der Waals surface area contributed by atoms with Crippen LogP contribution in [0.15, 0.2) is 35.2 Å². The van der Waals surface area contributed by atoms with Crippen molar-refractivity contribution < 1.29 is 9.53 Å². The molecular formula is C19H20N2O2.